The van der Waals surface area contributed by atoms with E-state index in [0.717, 1.165) is 55.7 Å². The number of para-hydroxylation sites is 1. The number of hydrogen-bond acceptors (Lipinski definition) is 4. The number of nitrogens with one attached hydrogen (secondary N) is 3. The van der Waals surface area contributed by atoms with Crippen molar-refractivity contribution in [3.8, 4) is 0 Å². The molecule has 2 aromatic rings. The fraction of sp³-hybridized carbons (Fsp3) is 0.444. The zero-order valence-corrected chi connectivity index (χ0v) is 20.3. The molecule has 0 bridgehead atoms. The molecule has 1 unspecified atom stereocenters. The number of rotatable bonds is 6. The van der Waals surface area contributed by atoms with Gasteiger partial charge in [0.25, 0.3) is 0 Å². The highest BCUT2D eigenvalue weighted by molar-refractivity contribution is 5.92. The number of nitrogens with zero attached hydrogens (tertiary/aromatic N) is 2. The molecule has 0 saturated carbocycles. The first kappa shape index (κ1) is 24.7. The third kappa shape index (κ3) is 7.29. The van der Waals surface area contributed by atoms with E-state index in [-0.39, 0.29) is 29.8 Å². The average Bonchev–Trinajstić information content (AvgIpc) is 2.86. The van der Waals surface area contributed by atoms with E-state index in [1.54, 1.807) is 4.90 Å². The van der Waals surface area contributed by atoms with E-state index in [9.17, 15) is 14.4 Å². The summed E-state index contributed by atoms with van der Waals surface area (Å²) >= 11 is 0. The van der Waals surface area contributed by atoms with Crippen LogP contribution in [0.25, 0.3) is 0 Å². The van der Waals surface area contributed by atoms with Crippen molar-refractivity contribution in [3.05, 3.63) is 60.2 Å². The Labute approximate surface area is 207 Å². The summed E-state index contributed by atoms with van der Waals surface area (Å²) in [6.45, 7) is 4.96. The molecule has 3 N–H and O–H groups in total. The molecule has 0 aromatic heterocycles. The molecule has 2 aromatic carbocycles. The molecule has 186 valence electrons. The molecular weight excluding hydrogens is 442 g/mol. The van der Waals surface area contributed by atoms with Crippen LogP contribution in [0.3, 0.4) is 0 Å². The maximum Gasteiger partial charge on any atom is 0.321 e. The first-order valence-electron chi connectivity index (χ1n) is 12.5. The van der Waals surface area contributed by atoms with E-state index in [1.165, 1.54) is 0 Å². The second-order valence-electron chi connectivity index (χ2n) is 9.56. The van der Waals surface area contributed by atoms with Crippen molar-refractivity contribution in [1.29, 1.82) is 0 Å². The van der Waals surface area contributed by atoms with E-state index in [1.807, 2.05) is 61.5 Å². The van der Waals surface area contributed by atoms with Crippen molar-refractivity contribution in [1.82, 2.24) is 15.1 Å². The fourth-order valence-corrected chi connectivity index (χ4v) is 4.78. The molecule has 4 rings (SSSR count). The van der Waals surface area contributed by atoms with Crippen molar-refractivity contribution >= 4 is 29.2 Å². The molecule has 8 heteroatoms. The van der Waals surface area contributed by atoms with Gasteiger partial charge in [0.2, 0.25) is 11.8 Å². The number of likely N-dealkylation sites (tertiary alicyclic amines) is 2. The van der Waals surface area contributed by atoms with Crippen molar-refractivity contribution in [3.63, 3.8) is 0 Å². The van der Waals surface area contributed by atoms with Crippen molar-refractivity contribution < 1.29 is 14.4 Å². The summed E-state index contributed by atoms with van der Waals surface area (Å²) in [5.41, 5.74) is 2.65. The first-order chi connectivity index (χ1) is 17.0. The molecule has 1 atom stereocenters. The van der Waals surface area contributed by atoms with Gasteiger partial charge < -0.3 is 20.9 Å². The standard InChI is InChI=1S/C27H35N5O3/c1-20-7-5-11-24(17-20)30-27(35)32-14-6-8-21(18-32)26(34)29-23-12-15-31(16-13-23)19-25(33)28-22-9-3-2-4-10-22/h2-5,7,9-11,17,21,23H,6,8,12-16,18-19H2,1H3,(H,28,33)(H,29,34)(H,30,35). The number of piperidine rings is 2. The van der Waals surface area contributed by atoms with Crippen LogP contribution in [0.2, 0.25) is 0 Å². The lowest BCUT2D eigenvalue weighted by Crippen LogP contribution is -2.51. The maximum absolute atomic E-state index is 13.0. The van der Waals surface area contributed by atoms with Gasteiger partial charge >= 0.3 is 6.03 Å². The number of hydrogen-bond donors (Lipinski definition) is 3. The van der Waals surface area contributed by atoms with Gasteiger partial charge in [-0.25, -0.2) is 4.79 Å². The van der Waals surface area contributed by atoms with Crippen molar-refractivity contribution in [2.75, 3.05) is 43.4 Å². The predicted octanol–water partition coefficient (Wildman–Crippen LogP) is 3.46. The van der Waals surface area contributed by atoms with Gasteiger partial charge in [0.05, 0.1) is 12.5 Å². The summed E-state index contributed by atoms with van der Waals surface area (Å²) < 4.78 is 0. The highest BCUT2D eigenvalue weighted by atomic mass is 16.2. The van der Waals surface area contributed by atoms with Gasteiger partial charge in [0, 0.05) is 43.6 Å². The summed E-state index contributed by atoms with van der Waals surface area (Å²) in [5.74, 6) is -0.190. The number of carbonyl (C=O) groups is 3. The van der Waals surface area contributed by atoms with Crippen LogP contribution in [0.1, 0.15) is 31.2 Å². The molecule has 0 radical (unpaired) electrons. The van der Waals surface area contributed by atoms with Crippen LogP contribution in [-0.4, -0.2) is 66.4 Å². The van der Waals surface area contributed by atoms with E-state index < -0.39 is 0 Å². The van der Waals surface area contributed by atoms with Crippen LogP contribution in [0, 0.1) is 12.8 Å². The van der Waals surface area contributed by atoms with Gasteiger partial charge in [-0.15, -0.1) is 0 Å². The zero-order valence-electron chi connectivity index (χ0n) is 20.3. The van der Waals surface area contributed by atoms with Gasteiger partial charge in [-0.05, 0) is 62.4 Å². The Hall–Kier alpha value is -3.39. The summed E-state index contributed by atoms with van der Waals surface area (Å²) in [7, 11) is 0. The van der Waals surface area contributed by atoms with Crippen molar-refractivity contribution in [2.24, 2.45) is 5.92 Å². The molecule has 0 aliphatic carbocycles. The van der Waals surface area contributed by atoms with E-state index in [4.69, 9.17) is 0 Å². The zero-order chi connectivity index (χ0) is 24.6. The van der Waals surface area contributed by atoms with Crippen LogP contribution in [-0.2, 0) is 9.59 Å². The lowest BCUT2D eigenvalue weighted by atomic mass is 9.96. The molecule has 4 amide bonds. The number of urea groups is 1. The minimum atomic E-state index is -0.193. The first-order valence-corrected chi connectivity index (χ1v) is 12.5. The maximum atomic E-state index is 13.0. The van der Waals surface area contributed by atoms with Crippen LogP contribution in [0.5, 0.6) is 0 Å². The Bertz CT molecular complexity index is 1020. The number of carbonyl (C=O) groups excluding carboxylic acids is 3. The van der Waals surface area contributed by atoms with E-state index in [2.05, 4.69) is 20.9 Å². The molecular formula is C27H35N5O3. The predicted molar refractivity (Wildman–Crippen MR) is 137 cm³/mol. The Morgan fingerprint density at radius 1 is 0.886 bits per heavy atom. The smallest absolute Gasteiger partial charge is 0.321 e. The quantitative estimate of drug-likeness (QED) is 0.594. The van der Waals surface area contributed by atoms with Gasteiger partial charge in [0.1, 0.15) is 0 Å². The normalized spacial score (nSPS) is 19.1. The van der Waals surface area contributed by atoms with Crippen LogP contribution < -0.4 is 16.0 Å². The van der Waals surface area contributed by atoms with E-state index >= 15 is 0 Å². The van der Waals surface area contributed by atoms with Gasteiger partial charge in [-0.3, -0.25) is 14.5 Å². The average molecular weight is 478 g/mol. The Kier molecular flexibility index (Phi) is 8.36. The monoisotopic (exact) mass is 477 g/mol. The molecule has 2 aliphatic rings. The third-order valence-electron chi connectivity index (χ3n) is 6.71. The highest BCUT2D eigenvalue weighted by Gasteiger charge is 2.30. The molecule has 2 aliphatic heterocycles. The molecule has 2 fully saturated rings. The SMILES string of the molecule is Cc1cccc(NC(=O)N2CCCC(C(=O)NC3CCN(CC(=O)Nc4ccccc4)CC3)C2)c1. The molecule has 0 spiro atoms. The lowest BCUT2D eigenvalue weighted by molar-refractivity contribution is -0.127. The Morgan fingerprint density at radius 2 is 1.63 bits per heavy atom. The third-order valence-corrected chi connectivity index (χ3v) is 6.71. The van der Waals surface area contributed by atoms with Crippen molar-refractivity contribution in [2.45, 2.75) is 38.6 Å². The lowest BCUT2D eigenvalue weighted by Gasteiger charge is -2.35. The number of benzene rings is 2. The molecule has 2 saturated heterocycles. The number of aryl methyl sites for hydroxylation is 1. The van der Waals surface area contributed by atoms with E-state index in [0.29, 0.717) is 19.6 Å². The molecule has 8 nitrogen and oxygen atoms in total. The van der Waals surface area contributed by atoms with Gasteiger partial charge in [-0.2, -0.15) is 0 Å². The number of anilines is 2. The van der Waals surface area contributed by atoms with Gasteiger partial charge in [-0.1, -0.05) is 30.3 Å². The summed E-state index contributed by atoms with van der Waals surface area (Å²) in [6, 6.07) is 17.1. The van der Waals surface area contributed by atoms with Crippen LogP contribution in [0.4, 0.5) is 16.2 Å². The minimum Gasteiger partial charge on any atom is -0.353 e. The second-order valence-corrected chi connectivity index (χ2v) is 9.56. The highest BCUT2D eigenvalue weighted by Crippen LogP contribution is 2.20. The molecule has 35 heavy (non-hydrogen) atoms. The second kappa shape index (κ2) is 11.8. The van der Waals surface area contributed by atoms with Gasteiger partial charge in [0.15, 0.2) is 0 Å². The summed E-state index contributed by atoms with van der Waals surface area (Å²) in [5, 5.41) is 9.06. The minimum absolute atomic E-state index is 0.0232. The summed E-state index contributed by atoms with van der Waals surface area (Å²) in [6.07, 6.45) is 3.23. The topological polar surface area (TPSA) is 93.8 Å². The summed E-state index contributed by atoms with van der Waals surface area (Å²) in [4.78, 5) is 41.8. The van der Waals surface area contributed by atoms with Crippen LogP contribution >= 0.6 is 0 Å². The Balaban J connectivity index is 1.19. The van der Waals surface area contributed by atoms with Crippen LogP contribution in [0.15, 0.2) is 54.6 Å². The fourth-order valence-electron chi connectivity index (χ4n) is 4.78. The molecule has 2 heterocycles. The number of amides is 4. The largest absolute Gasteiger partial charge is 0.353 e. The Morgan fingerprint density at radius 3 is 2.37 bits per heavy atom.